The largest absolute Gasteiger partial charge is 0.481 e. The molecule has 0 radical (unpaired) electrons. The van der Waals surface area contributed by atoms with Crippen LogP contribution >= 0.6 is 0 Å². The molecule has 0 saturated carbocycles. The molecule has 0 aliphatic carbocycles. The van der Waals surface area contributed by atoms with Crippen LogP contribution in [0, 0.1) is 5.92 Å². The molecule has 0 amide bonds. The third-order valence-electron chi connectivity index (χ3n) is 7.61. The first-order chi connectivity index (χ1) is 18.6. The van der Waals surface area contributed by atoms with E-state index in [0.717, 1.165) is 19.3 Å². The lowest BCUT2D eigenvalue weighted by Crippen LogP contribution is -2.21. The fraction of sp³-hybridized carbons (Fsp3) is 0.882. The molecule has 0 aliphatic rings. The molecule has 1 N–H and O–H groups in total. The number of aliphatic carboxylic acids is 1. The average Bonchev–Trinajstić information content (AvgIpc) is 2.90. The van der Waals surface area contributed by atoms with Gasteiger partial charge in [0.2, 0.25) is 0 Å². The van der Waals surface area contributed by atoms with E-state index in [2.05, 4.69) is 19.1 Å². The molecule has 0 aromatic heterocycles. The predicted octanol–water partition coefficient (Wildman–Crippen LogP) is 11.0. The van der Waals surface area contributed by atoms with Crippen molar-refractivity contribution >= 4 is 11.9 Å². The first kappa shape index (κ1) is 36.7. The number of carbonyl (C=O) groups is 2. The molecule has 224 valence electrons. The molecule has 4 heteroatoms. The Morgan fingerprint density at radius 2 is 1.00 bits per heavy atom. The van der Waals surface area contributed by atoms with Gasteiger partial charge in [-0.05, 0) is 32.6 Å². The quantitative estimate of drug-likeness (QED) is 0.0563. The van der Waals surface area contributed by atoms with E-state index in [9.17, 15) is 9.59 Å². The Morgan fingerprint density at radius 3 is 1.34 bits per heavy atom. The number of hydrogen-bond donors (Lipinski definition) is 1. The topological polar surface area (TPSA) is 63.6 Å². The van der Waals surface area contributed by atoms with E-state index in [1.165, 1.54) is 135 Å². The number of esters is 1. The minimum absolute atomic E-state index is 0.111. The second-order valence-corrected chi connectivity index (χ2v) is 11.4. The Labute approximate surface area is 236 Å². The molecule has 38 heavy (non-hydrogen) atoms. The summed E-state index contributed by atoms with van der Waals surface area (Å²) >= 11 is 0. The molecular formula is C34H64O4. The van der Waals surface area contributed by atoms with Crippen molar-refractivity contribution in [2.75, 3.05) is 6.61 Å². The Balaban J connectivity index is 3.32. The number of carboxylic acid groups (broad SMARTS) is 1. The van der Waals surface area contributed by atoms with Crippen LogP contribution in [-0.4, -0.2) is 23.7 Å². The van der Waals surface area contributed by atoms with Crippen LogP contribution in [0.3, 0.4) is 0 Å². The zero-order chi connectivity index (χ0) is 27.9. The highest BCUT2D eigenvalue weighted by Crippen LogP contribution is 2.19. The van der Waals surface area contributed by atoms with Gasteiger partial charge in [0.05, 0.1) is 18.9 Å². The molecule has 0 fully saturated rings. The highest BCUT2D eigenvalue weighted by molar-refractivity contribution is 5.79. The van der Waals surface area contributed by atoms with Gasteiger partial charge in [0.25, 0.3) is 0 Å². The van der Waals surface area contributed by atoms with Crippen molar-refractivity contribution in [3.8, 4) is 0 Å². The Kier molecular flexibility index (Phi) is 29.2. The highest BCUT2D eigenvalue weighted by atomic mass is 16.5. The summed E-state index contributed by atoms with van der Waals surface area (Å²) in [7, 11) is 0. The van der Waals surface area contributed by atoms with Gasteiger partial charge in [-0.1, -0.05) is 154 Å². The zero-order valence-electron chi connectivity index (χ0n) is 25.5. The second-order valence-electron chi connectivity index (χ2n) is 11.4. The summed E-state index contributed by atoms with van der Waals surface area (Å²) in [6.07, 6.45) is 36.7. The van der Waals surface area contributed by atoms with Crippen LogP contribution in [0.2, 0.25) is 0 Å². The molecule has 0 heterocycles. The van der Waals surface area contributed by atoms with Crippen molar-refractivity contribution in [2.24, 2.45) is 5.92 Å². The lowest BCUT2D eigenvalue weighted by molar-refractivity contribution is -0.153. The molecular weight excluding hydrogens is 472 g/mol. The standard InChI is InChI=1S/C34H64O4/c1-3-5-6-7-8-9-10-11-12-13-14-15-16-17-18-19-20-21-22-23-24-25-26-27-28-29-32(31-33(35)36)34(37)38-30-4-2/h3,5,32H,4,6-31H2,1-2H3,(H,35,36)/b5-3+. The molecule has 4 nitrogen and oxygen atoms in total. The van der Waals surface area contributed by atoms with Crippen LogP contribution < -0.4 is 0 Å². The molecule has 0 aromatic carbocycles. The first-order valence-electron chi connectivity index (χ1n) is 16.6. The number of hydrogen-bond acceptors (Lipinski definition) is 3. The highest BCUT2D eigenvalue weighted by Gasteiger charge is 2.22. The second kappa shape index (κ2) is 30.2. The summed E-state index contributed by atoms with van der Waals surface area (Å²) in [4.78, 5) is 23.0. The molecule has 1 atom stereocenters. The molecule has 0 spiro atoms. The van der Waals surface area contributed by atoms with Crippen molar-refractivity contribution < 1.29 is 19.4 Å². The number of allylic oxidation sites excluding steroid dienone is 2. The van der Waals surface area contributed by atoms with Crippen LogP contribution in [0.25, 0.3) is 0 Å². The van der Waals surface area contributed by atoms with E-state index in [0.29, 0.717) is 13.0 Å². The summed E-state index contributed by atoms with van der Waals surface area (Å²) in [5.74, 6) is -1.74. The SMILES string of the molecule is C/C=C/CCCCCCCCCCCCCCCCCCCCCCCCC(CC(=O)O)C(=O)OCCC. The van der Waals surface area contributed by atoms with Crippen LogP contribution in [0.15, 0.2) is 12.2 Å². The Bertz CT molecular complexity index is 543. The molecule has 0 saturated heterocycles. The van der Waals surface area contributed by atoms with Gasteiger partial charge in [-0.2, -0.15) is 0 Å². The minimum atomic E-state index is -0.915. The summed E-state index contributed by atoms with van der Waals surface area (Å²) in [6, 6.07) is 0. The molecule has 0 aromatic rings. The summed E-state index contributed by atoms with van der Waals surface area (Å²) < 4.78 is 5.16. The fourth-order valence-corrected chi connectivity index (χ4v) is 5.19. The number of rotatable bonds is 30. The van der Waals surface area contributed by atoms with Crippen molar-refractivity contribution in [3.05, 3.63) is 12.2 Å². The number of carboxylic acids is 1. The van der Waals surface area contributed by atoms with E-state index in [1.54, 1.807) is 0 Å². The summed E-state index contributed by atoms with van der Waals surface area (Å²) in [6.45, 7) is 4.44. The van der Waals surface area contributed by atoms with Gasteiger partial charge >= 0.3 is 11.9 Å². The minimum Gasteiger partial charge on any atom is -0.481 e. The van der Waals surface area contributed by atoms with Crippen LogP contribution in [0.5, 0.6) is 0 Å². The van der Waals surface area contributed by atoms with Crippen molar-refractivity contribution in [1.82, 2.24) is 0 Å². The van der Waals surface area contributed by atoms with Gasteiger partial charge in [0.15, 0.2) is 0 Å². The van der Waals surface area contributed by atoms with E-state index in [-0.39, 0.29) is 12.4 Å². The van der Waals surface area contributed by atoms with Crippen LogP contribution in [0.4, 0.5) is 0 Å². The van der Waals surface area contributed by atoms with Crippen LogP contribution in [-0.2, 0) is 14.3 Å². The zero-order valence-corrected chi connectivity index (χ0v) is 25.5. The average molecular weight is 537 g/mol. The Morgan fingerprint density at radius 1 is 0.632 bits per heavy atom. The van der Waals surface area contributed by atoms with Crippen LogP contribution in [0.1, 0.15) is 181 Å². The molecule has 1 unspecified atom stereocenters. The maximum absolute atomic E-state index is 12.0. The molecule has 0 bridgehead atoms. The number of unbranched alkanes of at least 4 members (excludes halogenated alkanes) is 22. The Hall–Kier alpha value is -1.32. The van der Waals surface area contributed by atoms with E-state index >= 15 is 0 Å². The monoisotopic (exact) mass is 536 g/mol. The first-order valence-corrected chi connectivity index (χ1v) is 16.6. The number of carbonyl (C=O) groups excluding carboxylic acids is 1. The lowest BCUT2D eigenvalue weighted by atomic mass is 9.97. The molecule has 0 aliphatic heterocycles. The van der Waals surface area contributed by atoms with E-state index < -0.39 is 11.9 Å². The van der Waals surface area contributed by atoms with Gasteiger partial charge in [-0.3, -0.25) is 9.59 Å². The summed E-state index contributed by atoms with van der Waals surface area (Å²) in [5, 5.41) is 9.04. The lowest BCUT2D eigenvalue weighted by Gasteiger charge is -2.13. The van der Waals surface area contributed by atoms with E-state index in [4.69, 9.17) is 9.84 Å². The van der Waals surface area contributed by atoms with Crippen molar-refractivity contribution in [2.45, 2.75) is 181 Å². The van der Waals surface area contributed by atoms with Crippen molar-refractivity contribution in [3.63, 3.8) is 0 Å². The molecule has 0 rings (SSSR count). The third-order valence-corrected chi connectivity index (χ3v) is 7.61. The van der Waals surface area contributed by atoms with Gasteiger partial charge in [-0.15, -0.1) is 0 Å². The maximum Gasteiger partial charge on any atom is 0.309 e. The van der Waals surface area contributed by atoms with Gasteiger partial charge in [0.1, 0.15) is 0 Å². The third kappa shape index (κ3) is 27.7. The normalized spacial score (nSPS) is 12.3. The maximum atomic E-state index is 12.0. The van der Waals surface area contributed by atoms with Gasteiger partial charge in [0, 0.05) is 0 Å². The van der Waals surface area contributed by atoms with Gasteiger partial charge < -0.3 is 9.84 Å². The van der Waals surface area contributed by atoms with Crippen molar-refractivity contribution in [1.29, 1.82) is 0 Å². The smallest absolute Gasteiger partial charge is 0.309 e. The summed E-state index contributed by atoms with van der Waals surface area (Å²) in [5.41, 5.74) is 0. The number of ether oxygens (including phenoxy) is 1. The predicted molar refractivity (Wildman–Crippen MR) is 163 cm³/mol. The van der Waals surface area contributed by atoms with E-state index in [1.807, 2.05) is 6.92 Å². The fourth-order valence-electron chi connectivity index (χ4n) is 5.19. The van der Waals surface area contributed by atoms with Gasteiger partial charge in [-0.25, -0.2) is 0 Å².